The zero-order valence-corrected chi connectivity index (χ0v) is 16.0. The molecule has 7 heteroatoms. The molecule has 1 aromatic heterocycles. The summed E-state index contributed by atoms with van der Waals surface area (Å²) >= 11 is 0. The van der Waals surface area contributed by atoms with E-state index in [-0.39, 0.29) is 30.6 Å². The maximum atomic E-state index is 13.8. The lowest BCUT2D eigenvalue weighted by Gasteiger charge is -2.17. The van der Waals surface area contributed by atoms with Crippen LogP contribution in [0.15, 0.2) is 60.9 Å². The van der Waals surface area contributed by atoms with E-state index in [2.05, 4.69) is 10.4 Å². The van der Waals surface area contributed by atoms with Crippen LogP contribution in [0.3, 0.4) is 0 Å². The number of para-hydroxylation sites is 1. The third-order valence-corrected chi connectivity index (χ3v) is 5.09. The molecule has 1 aliphatic rings. The molecule has 1 fully saturated rings. The lowest BCUT2D eigenvalue weighted by Crippen LogP contribution is -2.32. The Labute approximate surface area is 167 Å². The third-order valence-electron chi connectivity index (χ3n) is 5.09. The molecule has 1 atom stereocenters. The van der Waals surface area contributed by atoms with Crippen molar-refractivity contribution in [3.63, 3.8) is 0 Å². The Morgan fingerprint density at radius 3 is 2.76 bits per heavy atom. The van der Waals surface area contributed by atoms with E-state index >= 15 is 0 Å². The monoisotopic (exact) mass is 392 g/mol. The van der Waals surface area contributed by atoms with Gasteiger partial charge in [-0.2, -0.15) is 5.10 Å². The van der Waals surface area contributed by atoms with Gasteiger partial charge in [0.1, 0.15) is 5.82 Å². The fourth-order valence-corrected chi connectivity index (χ4v) is 3.39. The second-order valence-corrected chi connectivity index (χ2v) is 7.19. The maximum absolute atomic E-state index is 13.8. The summed E-state index contributed by atoms with van der Waals surface area (Å²) in [5.41, 5.74) is 2.81. The number of nitrogens with one attached hydrogen (secondary N) is 1. The van der Waals surface area contributed by atoms with Gasteiger partial charge in [0, 0.05) is 37.0 Å². The number of amides is 2. The summed E-state index contributed by atoms with van der Waals surface area (Å²) in [5.74, 6) is -1.19. The lowest BCUT2D eigenvalue weighted by molar-refractivity contribution is -0.126. The molecule has 2 aromatic carbocycles. The molecule has 0 unspecified atom stereocenters. The second kappa shape index (κ2) is 7.87. The van der Waals surface area contributed by atoms with Crippen LogP contribution >= 0.6 is 0 Å². The van der Waals surface area contributed by atoms with Crippen molar-refractivity contribution in [1.82, 2.24) is 15.1 Å². The van der Waals surface area contributed by atoms with Gasteiger partial charge < -0.3 is 10.2 Å². The Bertz CT molecular complexity index is 1050. The van der Waals surface area contributed by atoms with Crippen LogP contribution < -0.4 is 10.2 Å². The summed E-state index contributed by atoms with van der Waals surface area (Å²) in [6.07, 6.45) is 3.68. The molecular formula is C22H21FN4O2. The molecule has 0 spiro atoms. The molecule has 0 saturated carbocycles. The molecular weight excluding hydrogens is 371 g/mol. The van der Waals surface area contributed by atoms with E-state index in [4.69, 9.17) is 0 Å². The van der Waals surface area contributed by atoms with Gasteiger partial charge >= 0.3 is 0 Å². The van der Waals surface area contributed by atoms with Crippen LogP contribution in [0.2, 0.25) is 0 Å². The van der Waals surface area contributed by atoms with E-state index < -0.39 is 5.92 Å². The SMILES string of the molecule is Cc1ccc(N2C[C@@H](C(=O)NCc3cnn(-c4ccccc4)c3)CC2=O)cc1F. The van der Waals surface area contributed by atoms with Gasteiger partial charge in [-0.05, 0) is 36.8 Å². The van der Waals surface area contributed by atoms with Gasteiger partial charge in [0.15, 0.2) is 0 Å². The average molecular weight is 392 g/mol. The fraction of sp³-hybridized carbons (Fsp3) is 0.227. The van der Waals surface area contributed by atoms with Gasteiger partial charge in [0.25, 0.3) is 0 Å². The Balaban J connectivity index is 1.36. The predicted octanol–water partition coefficient (Wildman–Crippen LogP) is 2.99. The highest BCUT2D eigenvalue weighted by atomic mass is 19.1. The zero-order valence-electron chi connectivity index (χ0n) is 16.0. The molecule has 0 radical (unpaired) electrons. The van der Waals surface area contributed by atoms with Gasteiger partial charge in [-0.15, -0.1) is 0 Å². The van der Waals surface area contributed by atoms with Crippen molar-refractivity contribution >= 4 is 17.5 Å². The molecule has 3 aromatic rings. The van der Waals surface area contributed by atoms with Crippen LogP contribution in [0.25, 0.3) is 5.69 Å². The van der Waals surface area contributed by atoms with Gasteiger partial charge in [0.05, 0.1) is 17.8 Å². The van der Waals surface area contributed by atoms with Gasteiger partial charge in [0.2, 0.25) is 11.8 Å². The van der Waals surface area contributed by atoms with Crippen molar-refractivity contribution in [2.75, 3.05) is 11.4 Å². The Morgan fingerprint density at radius 2 is 2.00 bits per heavy atom. The van der Waals surface area contributed by atoms with E-state index in [9.17, 15) is 14.0 Å². The number of anilines is 1. The van der Waals surface area contributed by atoms with Gasteiger partial charge in [-0.1, -0.05) is 24.3 Å². The van der Waals surface area contributed by atoms with Gasteiger partial charge in [-0.3, -0.25) is 9.59 Å². The standard InChI is InChI=1S/C22H21FN4O2/c1-15-7-8-19(10-20(15)23)26-14-17(9-21(26)28)22(29)24-11-16-12-25-27(13-16)18-5-3-2-4-6-18/h2-8,10,12-13,17H,9,11,14H2,1H3,(H,24,29)/t17-/m0/s1. The minimum atomic E-state index is -0.462. The number of aromatic nitrogens is 2. The van der Waals surface area contributed by atoms with E-state index in [0.29, 0.717) is 17.8 Å². The van der Waals surface area contributed by atoms with Crippen molar-refractivity contribution in [1.29, 1.82) is 0 Å². The average Bonchev–Trinajstić information content (AvgIpc) is 3.36. The summed E-state index contributed by atoms with van der Waals surface area (Å²) < 4.78 is 15.6. The molecule has 2 heterocycles. The van der Waals surface area contributed by atoms with Crippen molar-refractivity contribution in [3.8, 4) is 5.69 Å². The lowest BCUT2D eigenvalue weighted by atomic mass is 10.1. The minimum absolute atomic E-state index is 0.116. The number of hydrogen-bond donors (Lipinski definition) is 1. The molecule has 2 amide bonds. The highest BCUT2D eigenvalue weighted by Crippen LogP contribution is 2.26. The van der Waals surface area contributed by atoms with Gasteiger partial charge in [-0.25, -0.2) is 9.07 Å². The number of rotatable bonds is 5. The number of benzene rings is 2. The van der Waals surface area contributed by atoms with Crippen molar-refractivity contribution < 1.29 is 14.0 Å². The summed E-state index contributed by atoms with van der Waals surface area (Å²) in [5, 5.41) is 7.18. The molecule has 1 N–H and O–H groups in total. The molecule has 0 aliphatic carbocycles. The number of nitrogens with zero attached hydrogens (tertiary/aromatic N) is 3. The predicted molar refractivity (Wildman–Crippen MR) is 107 cm³/mol. The van der Waals surface area contributed by atoms with Crippen molar-refractivity contribution in [3.05, 3.63) is 77.9 Å². The summed E-state index contributed by atoms with van der Waals surface area (Å²) in [6, 6.07) is 14.4. The largest absolute Gasteiger partial charge is 0.352 e. The highest BCUT2D eigenvalue weighted by Gasteiger charge is 2.35. The van der Waals surface area contributed by atoms with Crippen LogP contribution in [-0.2, 0) is 16.1 Å². The van der Waals surface area contributed by atoms with E-state index in [1.807, 2.05) is 36.5 Å². The normalized spacial score (nSPS) is 16.3. The van der Waals surface area contributed by atoms with Crippen molar-refractivity contribution in [2.24, 2.45) is 5.92 Å². The summed E-state index contributed by atoms with van der Waals surface area (Å²) in [7, 11) is 0. The Hall–Kier alpha value is -3.48. The highest BCUT2D eigenvalue weighted by molar-refractivity contribution is 6.00. The molecule has 148 valence electrons. The first kappa shape index (κ1) is 18.9. The first-order valence-electron chi connectivity index (χ1n) is 9.44. The fourth-order valence-electron chi connectivity index (χ4n) is 3.39. The van der Waals surface area contributed by atoms with Crippen LogP contribution in [0.1, 0.15) is 17.5 Å². The quantitative estimate of drug-likeness (QED) is 0.726. The topological polar surface area (TPSA) is 67.2 Å². The number of hydrogen-bond acceptors (Lipinski definition) is 3. The Kier molecular flexibility index (Phi) is 5.12. The summed E-state index contributed by atoms with van der Waals surface area (Å²) in [6.45, 7) is 2.24. The first-order chi connectivity index (χ1) is 14.0. The van der Waals surface area contributed by atoms with E-state index in [1.165, 1.54) is 11.0 Å². The van der Waals surface area contributed by atoms with Crippen LogP contribution in [0, 0.1) is 18.7 Å². The maximum Gasteiger partial charge on any atom is 0.227 e. The smallest absolute Gasteiger partial charge is 0.227 e. The van der Waals surface area contributed by atoms with E-state index in [1.54, 1.807) is 29.9 Å². The van der Waals surface area contributed by atoms with Crippen LogP contribution in [0.5, 0.6) is 0 Å². The number of carbonyl (C=O) groups excluding carboxylic acids is 2. The number of aryl methyl sites for hydroxylation is 1. The molecule has 4 rings (SSSR count). The molecule has 6 nitrogen and oxygen atoms in total. The Morgan fingerprint density at radius 1 is 1.21 bits per heavy atom. The third kappa shape index (κ3) is 4.03. The zero-order chi connectivity index (χ0) is 20.4. The molecule has 0 bridgehead atoms. The van der Waals surface area contributed by atoms with E-state index in [0.717, 1.165) is 11.3 Å². The molecule has 1 aliphatic heterocycles. The second-order valence-electron chi connectivity index (χ2n) is 7.19. The van der Waals surface area contributed by atoms with Crippen molar-refractivity contribution in [2.45, 2.75) is 19.9 Å². The molecule has 1 saturated heterocycles. The first-order valence-corrected chi connectivity index (χ1v) is 9.44. The minimum Gasteiger partial charge on any atom is -0.352 e. The van der Waals surface area contributed by atoms with Crippen LogP contribution in [0.4, 0.5) is 10.1 Å². The summed E-state index contributed by atoms with van der Waals surface area (Å²) in [4.78, 5) is 26.4. The molecule has 29 heavy (non-hydrogen) atoms. The number of carbonyl (C=O) groups is 2. The van der Waals surface area contributed by atoms with Crippen LogP contribution in [-0.4, -0.2) is 28.1 Å². The number of halogens is 1.